The third-order valence-electron chi connectivity index (χ3n) is 4.09. The highest BCUT2D eigenvalue weighted by atomic mass is 16.5. The van der Waals surface area contributed by atoms with E-state index in [9.17, 15) is 4.79 Å². The summed E-state index contributed by atoms with van der Waals surface area (Å²) in [6, 6.07) is 2.00. The number of amides is 1. The summed E-state index contributed by atoms with van der Waals surface area (Å²) in [4.78, 5) is 17.5. The Hall–Kier alpha value is -1.84. The third-order valence-corrected chi connectivity index (χ3v) is 4.09. The van der Waals surface area contributed by atoms with Gasteiger partial charge in [-0.3, -0.25) is 9.78 Å². The van der Waals surface area contributed by atoms with Gasteiger partial charge in [0.2, 0.25) is 5.91 Å². The number of allylic oxidation sites excluding steroid dienone is 1. The smallest absolute Gasteiger partial charge is 0.222 e. The van der Waals surface area contributed by atoms with Crippen molar-refractivity contribution in [3.63, 3.8) is 0 Å². The Morgan fingerprint density at radius 2 is 2.23 bits per heavy atom. The Morgan fingerprint density at radius 3 is 2.91 bits per heavy atom. The molecular formula is C18H26N2O2. The number of hydrogen-bond donors (Lipinski definition) is 0. The van der Waals surface area contributed by atoms with Crippen LogP contribution in [0.1, 0.15) is 45.6 Å². The number of rotatable bonds is 7. The van der Waals surface area contributed by atoms with Crippen molar-refractivity contribution in [3.05, 3.63) is 30.1 Å². The fourth-order valence-corrected chi connectivity index (χ4v) is 2.33. The summed E-state index contributed by atoms with van der Waals surface area (Å²) in [5.74, 6) is 1.68. The number of nitrogens with zero attached hydrogens (tertiary/aromatic N) is 2. The lowest BCUT2D eigenvalue weighted by molar-refractivity contribution is -0.139. The van der Waals surface area contributed by atoms with Crippen LogP contribution in [0.3, 0.4) is 0 Å². The van der Waals surface area contributed by atoms with Crippen LogP contribution in [0, 0.1) is 5.92 Å². The molecule has 4 heteroatoms. The van der Waals surface area contributed by atoms with E-state index in [4.69, 9.17) is 4.74 Å². The SMILES string of the molecule is CCC(=O)N1CC(Oc2cncc(/C=C/C[C@H](C)CC)c2)C1. The van der Waals surface area contributed by atoms with Crippen LogP contribution in [-0.4, -0.2) is 35.0 Å². The van der Waals surface area contributed by atoms with Gasteiger partial charge < -0.3 is 9.64 Å². The van der Waals surface area contributed by atoms with Gasteiger partial charge in [-0.05, 0) is 24.0 Å². The summed E-state index contributed by atoms with van der Waals surface area (Å²) in [5.41, 5.74) is 1.06. The van der Waals surface area contributed by atoms with E-state index >= 15 is 0 Å². The second-order valence-corrected chi connectivity index (χ2v) is 6.00. The molecule has 1 aromatic heterocycles. The molecule has 1 aliphatic heterocycles. The van der Waals surface area contributed by atoms with E-state index in [1.807, 2.05) is 24.1 Å². The molecule has 2 rings (SSSR count). The molecule has 0 unspecified atom stereocenters. The van der Waals surface area contributed by atoms with Crippen LogP contribution in [0.2, 0.25) is 0 Å². The molecule has 0 aliphatic carbocycles. The number of aromatic nitrogens is 1. The summed E-state index contributed by atoms with van der Waals surface area (Å²) in [7, 11) is 0. The molecule has 22 heavy (non-hydrogen) atoms. The van der Waals surface area contributed by atoms with E-state index in [-0.39, 0.29) is 12.0 Å². The number of ether oxygens (including phenoxy) is 1. The second kappa shape index (κ2) is 7.97. The van der Waals surface area contributed by atoms with Crippen molar-refractivity contribution in [1.29, 1.82) is 0 Å². The Balaban J connectivity index is 1.83. The van der Waals surface area contributed by atoms with Crippen molar-refractivity contribution in [2.24, 2.45) is 5.92 Å². The monoisotopic (exact) mass is 302 g/mol. The van der Waals surface area contributed by atoms with Gasteiger partial charge in [-0.1, -0.05) is 39.3 Å². The average Bonchev–Trinajstić information content (AvgIpc) is 2.50. The van der Waals surface area contributed by atoms with Crippen LogP contribution in [0.25, 0.3) is 6.08 Å². The fourth-order valence-electron chi connectivity index (χ4n) is 2.33. The van der Waals surface area contributed by atoms with Crippen LogP contribution in [-0.2, 0) is 4.79 Å². The van der Waals surface area contributed by atoms with Crippen LogP contribution in [0.5, 0.6) is 5.75 Å². The predicted octanol–water partition coefficient (Wildman–Crippen LogP) is 3.53. The molecule has 1 aliphatic rings. The molecule has 2 heterocycles. The molecule has 1 saturated heterocycles. The van der Waals surface area contributed by atoms with Crippen molar-refractivity contribution in [2.75, 3.05) is 13.1 Å². The minimum atomic E-state index is 0.0941. The van der Waals surface area contributed by atoms with Crippen molar-refractivity contribution in [1.82, 2.24) is 9.88 Å². The van der Waals surface area contributed by atoms with E-state index in [0.29, 0.717) is 25.4 Å². The largest absolute Gasteiger partial charge is 0.485 e. The lowest BCUT2D eigenvalue weighted by atomic mass is 10.0. The van der Waals surface area contributed by atoms with Gasteiger partial charge in [0, 0.05) is 12.6 Å². The topological polar surface area (TPSA) is 42.4 Å². The van der Waals surface area contributed by atoms with Gasteiger partial charge in [0.1, 0.15) is 11.9 Å². The molecule has 0 aromatic carbocycles. The van der Waals surface area contributed by atoms with Gasteiger partial charge in [-0.25, -0.2) is 0 Å². The van der Waals surface area contributed by atoms with Gasteiger partial charge in [0.25, 0.3) is 0 Å². The maximum Gasteiger partial charge on any atom is 0.222 e. The highest BCUT2D eigenvalue weighted by Crippen LogP contribution is 2.20. The lowest BCUT2D eigenvalue weighted by Crippen LogP contribution is -2.56. The highest BCUT2D eigenvalue weighted by Gasteiger charge is 2.31. The lowest BCUT2D eigenvalue weighted by Gasteiger charge is -2.38. The molecule has 1 amide bonds. The summed E-state index contributed by atoms with van der Waals surface area (Å²) in [6.07, 6.45) is 10.8. The Morgan fingerprint density at radius 1 is 1.45 bits per heavy atom. The molecule has 0 N–H and O–H groups in total. The van der Waals surface area contributed by atoms with E-state index in [1.165, 1.54) is 6.42 Å². The number of carbonyl (C=O) groups is 1. The first-order valence-electron chi connectivity index (χ1n) is 8.18. The first kappa shape index (κ1) is 16.5. The van der Waals surface area contributed by atoms with Gasteiger partial charge in [-0.15, -0.1) is 0 Å². The number of hydrogen-bond acceptors (Lipinski definition) is 3. The van der Waals surface area contributed by atoms with Crippen LogP contribution in [0.15, 0.2) is 24.5 Å². The number of carbonyl (C=O) groups excluding carboxylic acids is 1. The zero-order valence-corrected chi connectivity index (χ0v) is 13.8. The molecule has 0 bridgehead atoms. The molecule has 1 atom stereocenters. The molecule has 4 nitrogen and oxygen atoms in total. The fraction of sp³-hybridized carbons (Fsp3) is 0.556. The minimum Gasteiger partial charge on any atom is -0.485 e. The quantitative estimate of drug-likeness (QED) is 0.774. The molecule has 1 fully saturated rings. The highest BCUT2D eigenvalue weighted by molar-refractivity contribution is 5.76. The third kappa shape index (κ3) is 4.58. The Labute approximate surface area is 133 Å². The molecule has 0 saturated carbocycles. The van der Waals surface area contributed by atoms with Gasteiger partial charge in [0.05, 0.1) is 19.3 Å². The van der Waals surface area contributed by atoms with Crippen molar-refractivity contribution >= 4 is 12.0 Å². The predicted molar refractivity (Wildman–Crippen MR) is 88.6 cm³/mol. The van der Waals surface area contributed by atoms with E-state index in [2.05, 4.69) is 31.0 Å². The van der Waals surface area contributed by atoms with Gasteiger partial charge in [-0.2, -0.15) is 0 Å². The standard InChI is InChI=1S/C18H26N2O2/c1-4-14(3)7-6-8-15-9-16(11-19-10-15)22-17-12-20(13-17)18(21)5-2/h6,8-11,14,17H,4-5,7,12-13H2,1-3H3/b8-6+/t14-/m1/s1. The van der Waals surface area contributed by atoms with Crippen molar-refractivity contribution in [2.45, 2.75) is 46.1 Å². The first-order chi connectivity index (χ1) is 10.6. The van der Waals surface area contributed by atoms with Gasteiger partial charge >= 0.3 is 0 Å². The summed E-state index contributed by atoms with van der Waals surface area (Å²) < 4.78 is 5.87. The first-order valence-corrected chi connectivity index (χ1v) is 8.18. The van der Waals surface area contributed by atoms with Crippen LogP contribution >= 0.6 is 0 Å². The van der Waals surface area contributed by atoms with Crippen LogP contribution in [0.4, 0.5) is 0 Å². The summed E-state index contributed by atoms with van der Waals surface area (Å²) in [5, 5.41) is 0. The molecule has 1 aromatic rings. The van der Waals surface area contributed by atoms with E-state index < -0.39 is 0 Å². The van der Waals surface area contributed by atoms with Gasteiger partial charge in [0.15, 0.2) is 0 Å². The molecule has 0 spiro atoms. The van der Waals surface area contributed by atoms with Crippen LogP contribution < -0.4 is 4.74 Å². The maximum atomic E-state index is 11.5. The average molecular weight is 302 g/mol. The van der Waals surface area contributed by atoms with Crippen molar-refractivity contribution in [3.8, 4) is 5.75 Å². The Kier molecular flexibility index (Phi) is 5.99. The zero-order valence-electron chi connectivity index (χ0n) is 13.8. The Bertz CT molecular complexity index is 522. The van der Waals surface area contributed by atoms with Crippen molar-refractivity contribution < 1.29 is 9.53 Å². The molecular weight excluding hydrogens is 276 g/mol. The maximum absolute atomic E-state index is 11.5. The zero-order chi connectivity index (χ0) is 15.9. The number of likely N-dealkylation sites (tertiary alicyclic amines) is 1. The van der Waals surface area contributed by atoms with E-state index in [1.54, 1.807) is 6.20 Å². The van der Waals surface area contributed by atoms with E-state index in [0.717, 1.165) is 17.7 Å². The molecule has 0 radical (unpaired) electrons. The minimum absolute atomic E-state index is 0.0941. The summed E-state index contributed by atoms with van der Waals surface area (Å²) in [6.45, 7) is 7.71. The normalized spacial score (nSPS) is 16.6. The number of pyridine rings is 1. The summed E-state index contributed by atoms with van der Waals surface area (Å²) >= 11 is 0. The molecule has 120 valence electrons. The second-order valence-electron chi connectivity index (χ2n) is 6.00.